The van der Waals surface area contributed by atoms with E-state index >= 15 is 0 Å². The van der Waals surface area contributed by atoms with Crippen LogP contribution in [0, 0.1) is 5.82 Å². The van der Waals surface area contributed by atoms with Crippen LogP contribution in [0.3, 0.4) is 0 Å². The van der Waals surface area contributed by atoms with Gasteiger partial charge < -0.3 is 15.0 Å². The van der Waals surface area contributed by atoms with Crippen LogP contribution in [0.25, 0.3) is 11.0 Å². The summed E-state index contributed by atoms with van der Waals surface area (Å²) < 4.78 is 18.9. The molecule has 2 heterocycles. The van der Waals surface area contributed by atoms with Crippen molar-refractivity contribution in [2.75, 3.05) is 26.2 Å². The highest BCUT2D eigenvalue weighted by molar-refractivity contribution is 5.76. The number of hydrogen-bond donors (Lipinski definition) is 2. The molecule has 0 bridgehead atoms. The van der Waals surface area contributed by atoms with Crippen molar-refractivity contribution in [1.82, 2.24) is 20.2 Å². The largest absolute Gasteiger partial charge is 0.375 e. The Labute approximate surface area is 153 Å². The van der Waals surface area contributed by atoms with Crippen LogP contribution in [0.2, 0.25) is 0 Å². The van der Waals surface area contributed by atoms with Crippen molar-refractivity contribution in [1.29, 1.82) is 0 Å². The van der Waals surface area contributed by atoms with Crippen LogP contribution < -0.4 is 5.32 Å². The molecule has 3 rings (SSSR count). The van der Waals surface area contributed by atoms with Gasteiger partial charge in [0.2, 0.25) is 5.91 Å². The molecule has 1 saturated heterocycles. The molecule has 0 radical (unpaired) electrons. The lowest BCUT2D eigenvalue weighted by Gasteiger charge is -2.35. The maximum Gasteiger partial charge on any atom is 0.222 e. The second kappa shape index (κ2) is 8.60. The lowest BCUT2D eigenvalue weighted by atomic mass is 10.1. The number of rotatable bonds is 7. The van der Waals surface area contributed by atoms with Crippen LogP contribution in [0.5, 0.6) is 0 Å². The van der Waals surface area contributed by atoms with Gasteiger partial charge in [-0.3, -0.25) is 9.69 Å². The fourth-order valence-corrected chi connectivity index (χ4v) is 3.25. The van der Waals surface area contributed by atoms with Gasteiger partial charge in [-0.1, -0.05) is 0 Å². The molecule has 1 aliphatic rings. The van der Waals surface area contributed by atoms with Gasteiger partial charge in [0.1, 0.15) is 11.6 Å². The van der Waals surface area contributed by atoms with Gasteiger partial charge >= 0.3 is 0 Å². The smallest absolute Gasteiger partial charge is 0.222 e. The number of fused-ring (bicyclic) bond motifs is 1. The molecule has 6 nitrogen and oxygen atoms in total. The highest BCUT2D eigenvalue weighted by Gasteiger charge is 2.24. The fourth-order valence-electron chi connectivity index (χ4n) is 3.25. The first-order valence-corrected chi connectivity index (χ1v) is 9.28. The van der Waals surface area contributed by atoms with Gasteiger partial charge in [-0.05, 0) is 38.5 Å². The number of amides is 1. The van der Waals surface area contributed by atoms with Gasteiger partial charge in [-0.2, -0.15) is 0 Å². The number of morpholine rings is 1. The van der Waals surface area contributed by atoms with Crippen molar-refractivity contribution in [3.8, 4) is 0 Å². The van der Waals surface area contributed by atoms with Gasteiger partial charge in [0.25, 0.3) is 0 Å². The van der Waals surface area contributed by atoms with E-state index in [4.69, 9.17) is 4.74 Å². The van der Waals surface area contributed by atoms with E-state index in [2.05, 4.69) is 34.0 Å². The Balaban J connectivity index is 1.38. The molecule has 1 atom stereocenters. The molecule has 2 aromatic rings. The highest BCUT2D eigenvalue weighted by atomic mass is 19.1. The second-order valence-electron chi connectivity index (χ2n) is 7.08. The molecule has 0 aliphatic carbocycles. The topological polar surface area (TPSA) is 70.2 Å². The number of hydrogen-bond acceptors (Lipinski definition) is 4. The molecule has 1 fully saturated rings. The number of aromatic nitrogens is 2. The van der Waals surface area contributed by atoms with Crippen molar-refractivity contribution in [3.63, 3.8) is 0 Å². The zero-order valence-corrected chi connectivity index (χ0v) is 15.4. The summed E-state index contributed by atoms with van der Waals surface area (Å²) in [6.45, 7) is 7.33. The van der Waals surface area contributed by atoms with Gasteiger partial charge in [0.15, 0.2) is 0 Å². The Bertz CT molecular complexity index is 746. The summed E-state index contributed by atoms with van der Waals surface area (Å²) in [7, 11) is 0. The van der Waals surface area contributed by atoms with Crippen LogP contribution in [-0.2, 0) is 16.0 Å². The van der Waals surface area contributed by atoms with E-state index in [9.17, 15) is 9.18 Å². The molecule has 0 spiro atoms. The molecule has 26 heavy (non-hydrogen) atoms. The third kappa shape index (κ3) is 5.02. The fraction of sp³-hybridized carbons (Fsp3) is 0.579. The van der Waals surface area contributed by atoms with Crippen LogP contribution >= 0.6 is 0 Å². The standard InChI is InChI=1S/C19H27FN4O2/c1-13(2)24-8-9-26-15(12-24)11-19(25)21-7-3-4-18-22-16-6-5-14(20)10-17(16)23-18/h5-6,10,13,15H,3-4,7-9,11-12H2,1-2H3,(H,21,25)(H,22,23)/t15-/m0/s1. The number of carbonyl (C=O) groups excluding carboxylic acids is 1. The minimum Gasteiger partial charge on any atom is -0.375 e. The van der Waals surface area contributed by atoms with Crippen LogP contribution in [0.15, 0.2) is 18.2 Å². The molecule has 1 aromatic heterocycles. The van der Waals surface area contributed by atoms with Crippen molar-refractivity contribution >= 4 is 16.9 Å². The summed E-state index contributed by atoms with van der Waals surface area (Å²) in [5, 5.41) is 2.95. The van der Waals surface area contributed by atoms with E-state index in [1.54, 1.807) is 6.07 Å². The molecular formula is C19H27FN4O2. The van der Waals surface area contributed by atoms with Crippen LogP contribution in [0.4, 0.5) is 4.39 Å². The Morgan fingerprint density at radius 3 is 3.15 bits per heavy atom. The summed E-state index contributed by atoms with van der Waals surface area (Å²) >= 11 is 0. The molecule has 0 unspecified atom stereocenters. The molecule has 7 heteroatoms. The number of halogens is 1. The van der Waals surface area contributed by atoms with E-state index in [0.717, 1.165) is 30.9 Å². The summed E-state index contributed by atoms with van der Waals surface area (Å²) in [6.07, 6.45) is 1.85. The SMILES string of the molecule is CC(C)N1CCO[C@@H](CC(=O)NCCCc2nc3ccc(F)cc3[nH]2)C1. The van der Waals surface area contributed by atoms with E-state index in [0.29, 0.717) is 37.6 Å². The van der Waals surface area contributed by atoms with Crippen LogP contribution in [0.1, 0.15) is 32.5 Å². The third-order valence-electron chi connectivity index (χ3n) is 4.72. The first-order chi connectivity index (χ1) is 12.5. The van der Waals surface area contributed by atoms with Gasteiger partial charge in [-0.15, -0.1) is 0 Å². The normalized spacial score (nSPS) is 18.5. The van der Waals surface area contributed by atoms with E-state index in [-0.39, 0.29) is 17.8 Å². The van der Waals surface area contributed by atoms with Crippen molar-refractivity contribution < 1.29 is 13.9 Å². The molecular weight excluding hydrogens is 335 g/mol. The number of nitrogens with zero attached hydrogens (tertiary/aromatic N) is 2. The molecule has 1 aliphatic heterocycles. The van der Waals surface area contributed by atoms with E-state index in [1.165, 1.54) is 12.1 Å². The van der Waals surface area contributed by atoms with Gasteiger partial charge in [0, 0.05) is 32.1 Å². The number of H-pyrrole nitrogens is 1. The number of carbonyl (C=O) groups is 1. The zero-order valence-electron chi connectivity index (χ0n) is 15.4. The summed E-state index contributed by atoms with van der Waals surface area (Å²) in [5.74, 6) is 0.552. The maximum absolute atomic E-state index is 13.2. The van der Waals surface area contributed by atoms with E-state index < -0.39 is 0 Å². The second-order valence-corrected chi connectivity index (χ2v) is 7.08. The van der Waals surface area contributed by atoms with Crippen LogP contribution in [-0.4, -0.2) is 59.2 Å². The van der Waals surface area contributed by atoms with Gasteiger partial charge in [-0.25, -0.2) is 9.37 Å². The predicted octanol–water partition coefficient (Wildman–Crippen LogP) is 2.25. The lowest BCUT2D eigenvalue weighted by Crippen LogP contribution is -2.47. The molecule has 2 N–H and O–H groups in total. The lowest BCUT2D eigenvalue weighted by molar-refractivity contribution is -0.126. The summed E-state index contributed by atoms with van der Waals surface area (Å²) in [4.78, 5) is 22.0. The zero-order chi connectivity index (χ0) is 18.5. The average Bonchev–Trinajstić information content (AvgIpc) is 3.00. The number of ether oxygens (including phenoxy) is 1. The Hall–Kier alpha value is -1.99. The number of imidazole rings is 1. The summed E-state index contributed by atoms with van der Waals surface area (Å²) in [6, 6.07) is 4.98. The van der Waals surface area contributed by atoms with Crippen molar-refractivity contribution in [2.45, 2.75) is 45.3 Å². The summed E-state index contributed by atoms with van der Waals surface area (Å²) in [5.41, 5.74) is 1.46. The number of aryl methyl sites for hydroxylation is 1. The Morgan fingerprint density at radius 2 is 2.35 bits per heavy atom. The number of benzene rings is 1. The first kappa shape index (κ1) is 18.8. The molecule has 142 valence electrons. The third-order valence-corrected chi connectivity index (χ3v) is 4.72. The number of aromatic amines is 1. The monoisotopic (exact) mass is 362 g/mol. The quantitative estimate of drug-likeness (QED) is 0.741. The van der Waals surface area contributed by atoms with Crippen molar-refractivity contribution in [3.05, 3.63) is 29.8 Å². The average molecular weight is 362 g/mol. The Kier molecular flexibility index (Phi) is 6.21. The maximum atomic E-state index is 13.2. The predicted molar refractivity (Wildman–Crippen MR) is 98.4 cm³/mol. The molecule has 1 aromatic carbocycles. The first-order valence-electron chi connectivity index (χ1n) is 9.28. The Morgan fingerprint density at radius 1 is 1.50 bits per heavy atom. The highest BCUT2D eigenvalue weighted by Crippen LogP contribution is 2.14. The molecule has 0 saturated carbocycles. The van der Waals surface area contributed by atoms with E-state index in [1.807, 2.05) is 0 Å². The van der Waals surface area contributed by atoms with Gasteiger partial charge in [0.05, 0.1) is 30.2 Å². The number of nitrogens with one attached hydrogen (secondary N) is 2. The molecule has 1 amide bonds. The minimum atomic E-state index is -0.277. The van der Waals surface area contributed by atoms with Crippen molar-refractivity contribution in [2.24, 2.45) is 0 Å². The minimum absolute atomic E-state index is 0.0206.